The number of aryl methyl sites for hydroxylation is 2. The average molecular weight is 308 g/mol. The van der Waals surface area contributed by atoms with Crippen molar-refractivity contribution in [2.75, 3.05) is 20.1 Å². The zero-order chi connectivity index (χ0) is 14.9. The van der Waals surface area contributed by atoms with Crippen molar-refractivity contribution in [3.05, 3.63) is 29.3 Å². The summed E-state index contributed by atoms with van der Waals surface area (Å²) >= 11 is 0. The van der Waals surface area contributed by atoms with Gasteiger partial charge in [0.2, 0.25) is 10.0 Å². The molecule has 1 N–H and O–H groups in total. The summed E-state index contributed by atoms with van der Waals surface area (Å²) in [7, 11) is -1.64. The molecule has 5 heteroatoms. The monoisotopic (exact) mass is 308 g/mol. The largest absolute Gasteiger partial charge is 0.317 e. The Hall–Kier alpha value is -0.910. The molecule has 0 saturated carbocycles. The lowest BCUT2D eigenvalue weighted by atomic mass is 10.1. The fraction of sp³-hybridized carbons (Fsp3) is 0.625. The molecule has 0 aromatic heterocycles. The highest BCUT2D eigenvalue weighted by Gasteiger charge is 2.29. The fourth-order valence-corrected chi connectivity index (χ4v) is 4.90. The molecular weight excluding hydrogens is 284 g/mol. The highest BCUT2D eigenvalue weighted by Crippen LogP contribution is 2.27. The van der Waals surface area contributed by atoms with Crippen LogP contribution in [0.3, 0.4) is 0 Å². The van der Waals surface area contributed by atoms with Gasteiger partial charge in [0.05, 0.1) is 4.90 Å². The van der Waals surface area contributed by atoms with E-state index in [2.05, 4.69) is 5.32 Å². The Morgan fingerprint density at radius 3 is 2.76 bits per heavy atom. The van der Waals surface area contributed by atoms with Crippen molar-refractivity contribution in [1.29, 1.82) is 0 Å². The van der Waals surface area contributed by atoms with Gasteiger partial charge in [0.25, 0.3) is 0 Å². The van der Waals surface area contributed by atoms with Crippen LogP contribution in [0.4, 0.5) is 0 Å². The van der Waals surface area contributed by atoms with Crippen molar-refractivity contribution in [3.8, 4) is 0 Å². The molecule has 0 bridgehead atoms. The number of nitrogens with zero attached hydrogens (tertiary/aromatic N) is 1. The van der Waals surface area contributed by atoms with E-state index in [0.717, 1.165) is 51.6 Å². The van der Waals surface area contributed by atoms with E-state index in [1.165, 1.54) is 11.1 Å². The van der Waals surface area contributed by atoms with Crippen molar-refractivity contribution in [1.82, 2.24) is 9.62 Å². The molecule has 3 rings (SSSR count). The van der Waals surface area contributed by atoms with Crippen LogP contribution in [-0.2, 0) is 22.9 Å². The van der Waals surface area contributed by atoms with Crippen LogP contribution in [0.5, 0.6) is 0 Å². The Kier molecular flexibility index (Phi) is 4.33. The second-order valence-electron chi connectivity index (χ2n) is 6.14. The first-order chi connectivity index (χ1) is 10.1. The minimum absolute atomic E-state index is 0.109. The molecule has 1 unspecified atom stereocenters. The Morgan fingerprint density at radius 1 is 1.10 bits per heavy atom. The second kappa shape index (κ2) is 6.07. The molecule has 1 fully saturated rings. The summed E-state index contributed by atoms with van der Waals surface area (Å²) in [5.74, 6) is 0. The third-order valence-corrected chi connectivity index (χ3v) is 6.71. The number of hydrogen-bond acceptors (Lipinski definition) is 3. The van der Waals surface area contributed by atoms with Gasteiger partial charge in [-0.2, -0.15) is 4.31 Å². The molecule has 1 aromatic carbocycles. The van der Waals surface area contributed by atoms with Crippen molar-refractivity contribution in [3.63, 3.8) is 0 Å². The molecule has 0 amide bonds. The molecule has 0 radical (unpaired) electrons. The topological polar surface area (TPSA) is 49.4 Å². The third-order valence-electron chi connectivity index (χ3n) is 4.81. The normalized spacial score (nSPS) is 23.0. The van der Waals surface area contributed by atoms with Crippen LogP contribution in [0, 0.1) is 0 Å². The van der Waals surface area contributed by atoms with Gasteiger partial charge in [-0.3, -0.25) is 0 Å². The Morgan fingerprint density at radius 2 is 1.90 bits per heavy atom. The van der Waals surface area contributed by atoms with E-state index in [-0.39, 0.29) is 6.04 Å². The molecule has 1 aliphatic heterocycles. The van der Waals surface area contributed by atoms with Gasteiger partial charge >= 0.3 is 0 Å². The van der Waals surface area contributed by atoms with Crippen molar-refractivity contribution in [2.45, 2.75) is 49.5 Å². The van der Waals surface area contributed by atoms with Gasteiger partial charge < -0.3 is 5.32 Å². The number of benzene rings is 1. The van der Waals surface area contributed by atoms with Crippen LogP contribution in [-0.4, -0.2) is 38.9 Å². The molecule has 21 heavy (non-hydrogen) atoms. The second-order valence-corrected chi connectivity index (χ2v) is 8.14. The van der Waals surface area contributed by atoms with Gasteiger partial charge in [-0.1, -0.05) is 6.07 Å². The molecule has 1 heterocycles. The highest BCUT2D eigenvalue weighted by molar-refractivity contribution is 7.89. The minimum atomic E-state index is -3.37. The number of sulfonamides is 1. The summed E-state index contributed by atoms with van der Waals surface area (Å²) in [5, 5.41) is 3.34. The maximum atomic E-state index is 12.8. The Bertz CT molecular complexity index is 605. The molecule has 1 atom stereocenters. The van der Waals surface area contributed by atoms with E-state index < -0.39 is 10.0 Å². The Labute approximate surface area is 127 Å². The van der Waals surface area contributed by atoms with Gasteiger partial charge in [-0.05, 0) is 74.9 Å². The summed E-state index contributed by atoms with van der Waals surface area (Å²) in [4.78, 5) is 0.461. The fourth-order valence-electron chi connectivity index (χ4n) is 3.44. The molecule has 4 nitrogen and oxygen atoms in total. The summed E-state index contributed by atoms with van der Waals surface area (Å²) < 4.78 is 27.3. The predicted octanol–water partition coefficient (Wildman–Crippen LogP) is 1.94. The van der Waals surface area contributed by atoms with Gasteiger partial charge in [-0.25, -0.2) is 8.42 Å². The standard InChI is InChI=1S/C16H24N2O2S/c1-18(15-6-3-10-17-11-9-15)21(19,20)16-8-7-13-4-2-5-14(13)12-16/h7-8,12,15,17H,2-6,9-11H2,1H3. The molecule has 0 spiro atoms. The number of fused-ring (bicyclic) bond motifs is 1. The Balaban J connectivity index is 1.85. The van der Waals surface area contributed by atoms with Crippen LogP contribution in [0.1, 0.15) is 36.8 Å². The van der Waals surface area contributed by atoms with Crippen LogP contribution < -0.4 is 5.32 Å². The zero-order valence-electron chi connectivity index (χ0n) is 12.6. The number of rotatable bonds is 3. The van der Waals surface area contributed by atoms with Gasteiger partial charge in [-0.15, -0.1) is 0 Å². The van der Waals surface area contributed by atoms with Crippen LogP contribution in [0.25, 0.3) is 0 Å². The average Bonchev–Trinajstić information content (AvgIpc) is 2.78. The summed E-state index contributed by atoms with van der Waals surface area (Å²) in [6.45, 7) is 1.89. The lowest BCUT2D eigenvalue weighted by Gasteiger charge is -2.26. The smallest absolute Gasteiger partial charge is 0.243 e. The molecule has 116 valence electrons. The third kappa shape index (κ3) is 3.00. The van der Waals surface area contributed by atoms with Crippen LogP contribution in [0.15, 0.2) is 23.1 Å². The van der Waals surface area contributed by atoms with Crippen molar-refractivity contribution < 1.29 is 8.42 Å². The minimum Gasteiger partial charge on any atom is -0.317 e. The number of nitrogens with one attached hydrogen (secondary N) is 1. The first-order valence-electron chi connectivity index (χ1n) is 7.89. The van der Waals surface area contributed by atoms with Gasteiger partial charge in [0.1, 0.15) is 0 Å². The lowest BCUT2D eigenvalue weighted by Crippen LogP contribution is -2.37. The predicted molar refractivity (Wildman–Crippen MR) is 83.9 cm³/mol. The zero-order valence-corrected chi connectivity index (χ0v) is 13.5. The van der Waals surface area contributed by atoms with E-state index >= 15 is 0 Å². The first kappa shape index (κ1) is 15.0. The molecular formula is C16H24N2O2S. The van der Waals surface area contributed by atoms with Crippen LogP contribution >= 0.6 is 0 Å². The van der Waals surface area contributed by atoms with Gasteiger partial charge in [0, 0.05) is 13.1 Å². The lowest BCUT2D eigenvalue weighted by molar-refractivity contribution is 0.341. The maximum absolute atomic E-state index is 12.8. The summed E-state index contributed by atoms with van der Waals surface area (Å²) in [5.41, 5.74) is 2.53. The van der Waals surface area contributed by atoms with E-state index in [1.54, 1.807) is 17.4 Å². The maximum Gasteiger partial charge on any atom is 0.243 e. The van der Waals surface area contributed by atoms with E-state index in [1.807, 2.05) is 12.1 Å². The molecule has 1 saturated heterocycles. The SMILES string of the molecule is CN(C1CCCNCC1)S(=O)(=O)c1ccc2c(c1)CCC2. The van der Waals surface area contributed by atoms with E-state index in [0.29, 0.717) is 4.90 Å². The van der Waals surface area contributed by atoms with Gasteiger partial charge in [0.15, 0.2) is 0 Å². The quantitative estimate of drug-likeness (QED) is 0.928. The van der Waals surface area contributed by atoms with Crippen molar-refractivity contribution >= 4 is 10.0 Å². The molecule has 1 aromatic rings. The molecule has 1 aliphatic carbocycles. The highest BCUT2D eigenvalue weighted by atomic mass is 32.2. The first-order valence-corrected chi connectivity index (χ1v) is 9.33. The summed E-state index contributed by atoms with van der Waals surface area (Å²) in [6, 6.07) is 5.78. The number of hydrogen-bond donors (Lipinski definition) is 1. The van der Waals surface area contributed by atoms with Crippen LogP contribution in [0.2, 0.25) is 0 Å². The van der Waals surface area contributed by atoms with E-state index in [4.69, 9.17) is 0 Å². The molecule has 2 aliphatic rings. The van der Waals surface area contributed by atoms with E-state index in [9.17, 15) is 8.42 Å². The summed E-state index contributed by atoms with van der Waals surface area (Å²) in [6.07, 6.45) is 6.10. The van der Waals surface area contributed by atoms with Crippen molar-refractivity contribution in [2.24, 2.45) is 0 Å².